The Morgan fingerprint density at radius 2 is 1.73 bits per heavy atom. The average molecular weight is 356 g/mol. The van der Waals surface area contributed by atoms with Crippen LogP contribution < -0.4 is 15.0 Å². The number of para-hydroxylation sites is 1. The zero-order valence-electron chi connectivity index (χ0n) is 15.7. The first-order chi connectivity index (χ1) is 12.2. The number of amides is 2. The molecule has 0 fully saturated rings. The second-order valence-corrected chi connectivity index (χ2v) is 6.86. The number of hydrogen-bond acceptors (Lipinski definition) is 3. The summed E-state index contributed by atoms with van der Waals surface area (Å²) >= 11 is 0. The SMILES string of the molecule is CNC(=O)c1cc(C(C)(C)C)cc(N(C(=O)O)c2ccccc2)c1OC. The van der Waals surface area contributed by atoms with Gasteiger partial charge < -0.3 is 15.2 Å². The summed E-state index contributed by atoms with van der Waals surface area (Å²) in [5.41, 5.74) is 1.60. The van der Waals surface area contributed by atoms with E-state index in [4.69, 9.17) is 4.74 Å². The molecule has 138 valence electrons. The number of nitrogens with one attached hydrogen (secondary N) is 1. The van der Waals surface area contributed by atoms with Crippen LogP contribution in [0.1, 0.15) is 36.7 Å². The Bertz CT molecular complexity index is 811. The molecule has 0 aliphatic heterocycles. The van der Waals surface area contributed by atoms with E-state index in [1.807, 2.05) is 26.8 Å². The Balaban J connectivity index is 2.83. The van der Waals surface area contributed by atoms with Crippen LogP contribution in [0.2, 0.25) is 0 Å². The van der Waals surface area contributed by atoms with Gasteiger partial charge in [-0.05, 0) is 35.2 Å². The lowest BCUT2D eigenvalue weighted by Crippen LogP contribution is -2.27. The van der Waals surface area contributed by atoms with Crippen LogP contribution in [0.25, 0.3) is 0 Å². The van der Waals surface area contributed by atoms with Gasteiger partial charge in [0.15, 0.2) is 5.75 Å². The molecule has 0 saturated carbocycles. The van der Waals surface area contributed by atoms with Crippen molar-refractivity contribution in [3.8, 4) is 5.75 Å². The van der Waals surface area contributed by atoms with Crippen molar-refractivity contribution in [3.05, 3.63) is 53.6 Å². The highest BCUT2D eigenvalue weighted by Crippen LogP contribution is 2.40. The second kappa shape index (κ2) is 7.47. The lowest BCUT2D eigenvalue weighted by Gasteiger charge is -2.27. The molecule has 26 heavy (non-hydrogen) atoms. The Labute approximate surface area is 153 Å². The minimum absolute atomic E-state index is 0.212. The van der Waals surface area contributed by atoms with Gasteiger partial charge in [-0.1, -0.05) is 39.0 Å². The van der Waals surface area contributed by atoms with Crippen molar-refractivity contribution in [2.24, 2.45) is 0 Å². The molecule has 0 atom stereocenters. The Morgan fingerprint density at radius 3 is 2.19 bits per heavy atom. The summed E-state index contributed by atoms with van der Waals surface area (Å²) in [7, 11) is 2.95. The van der Waals surface area contributed by atoms with E-state index < -0.39 is 6.09 Å². The first-order valence-electron chi connectivity index (χ1n) is 8.23. The molecule has 0 radical (unpaired) electrons. The van der Waals surface area contributed by atoms with Gasteiger partial charge in [0.05, 0.1) is 24.0 Å². The van der Waals surface area contributed by atoms with Crippen molar-refractivity contribution in [3.63, 3.8) is 0 Å². The fourth-order valence-electron chi connectivity index (χ4n) is 2.66. The van der Waals surface area contributed by atoms with Crippen LogP contribution in [0, 0.1) is 0 Å². The van der Waals surface area contributed by atoms with Crippen molar-refractivity contribution in [1.29, 1.82) is 0 Å². The molecular weight excluding hydrogens is 332 g/mol. The number of hydrogen-bond donors (Lipinski definition) is 2. The Hall–Kier alpha value is -3.02. The van der Waals surface area contributed by atoms with Gasteiger partial charge in [0.2, 0.25) is 0 Å². The van der Waals surface area contributed by atoms with Gasteiger partial charge in [0, 0.05) is 7.05 Å². The fraction of sp³-hybridized carbons (Fsp3) is 0.300. The van der Waals surface area contributed by atoms with Gasteiger partial charge in [-0.15, -0.1) is 0 Å². The molecule has 0 aliphatic rings. The molecular formula is C20H24N2O4. The van der Waals surface area contributed by atoms with Crippen LogP contribution >= 0.6 is 0 Å². The largest absolute Gasteiger partial charge is 0.494 e. The van der Waals surface area contributed by atoms with Gasteiger partial charge in [-0.2, -0.15) is 0 Å². The van der Waals surface area contributed by atoms with Crippen LogP contribution in [-0.4, -0.2) is 31.3 Å². The van der Waals surface area contributed by atoms with E-state index in [9.17, 15) is 14.7 Å². The zero-order chi connectivity index (χ0) is 19.5. The van der Waals surface area contributed by atoms with Crippen LogP contribution in [0.5, 0.6) is 5.75 Å². The maximum atomic E-state index is 12.4. The van der Waals surface area contributed by atoms with E-state index in [1.165, 1.54) is 14.2 Å². The molecule has 2 aromatic carbocycles. The number of benzene rings is 2. The first kappa shape index (κ1) is 19.3. The van der Waals surface area contributed by atoms with Crippen molar-refractivity contribution in [2.45, 2.75) is 26.2 Å². The molecule has 6 nitrogen and oxygen atoms in total. The highest BCUT2D eigenvalue weighted by Gasteiger charge is 2.28. The zero-order valence-corrected chi connectivity index (χ0v) is 15.7. The summed E-state index contributed by atoms with van der Waals surface area (Å²) in [5.74, 6) is -0.129. The van der Waals surface area contributed by atoms with Crippen molar-refractivity contribution >= 4 is 23.4 Å². The molecule has 2 rings (SSSR count). The third-order valence-electron chi connectivity index (χ3n) is 4.06. The summed E-state index contributed by atoms with van der Waals surface area (Å²) in [5, 5.41) is 12.4. The van der Waals surface area contributed by atoms with Crippen LogP contribution in [0.3, 0.4) is 0 Å². The third-order valence-corrected chi connectivity index (χ3v) is 4.06. The lowest BCUT2D eigenvalue weighted by molar-refractivity contribution is 0.0960. The fourth-order valence-corrected chi connectivity index (χ4v) is 2.66. The van der Waals surface area contributed by atoms with Gasteiger partial charge in [0.1, 0.15) is 0 Å². The summed E-state index contributed by atoms with van der Waals surface area (Å²) < 4.78 is 5.45. The average Bonchev–Trinajstić information content (AvgIpc) is 2.60. The number of carbonyl (C=O) groups is 2. The Morgan fingerprint density at radius 1 is 1.12 bits per heavy atom. The number of ether oxygens (including phenoxy) is 1. The molecule has 0 saturated heterocycles. The highest BCUT2D eigenvalue weighted by atomic mass is 16.5. The second-order valence-electron chi connectivity index (χ2n) is 6.86. The molecule has 0 heterocycles. The van der Waals surface area contributed by atoms with Crippen molar-refractivity contribution in [2.75, 3.05) is 19.1 Å². The number of carboxylic acid groups (broad SMARTS) is 1. The predicted molar refractivity (Wildman–Crippen MR) is 102 cm³/mol. The quantitative estimate of drug-likeness (QED) is 0.862. The van der Waals surface area contributed by atoms with E-state index in [1.54, 1.807) is 36.4 Å². The minimum atomic E-state index is -1.16. The molecule has 0 aliphatic carbocycles. The normalized spacial score (nSPS) is 11.0. The van der Waals surface area contributed by atoms with Crippen LogP contribution in [0.15, 0.2) is 42.5 Å². The molecule has 0 bridgehead atoms. The van der Waals surface area contributed by atoms with Gasteiger partial charge in [-0.25, -0.2) is 9.69 Å². The maximum absolute atomic E-state index is 12.4. The van der Waals surface area contributed by atoms with E-state index in [2.05, 4.69) is 5.32 Å². The number of rotatable bonds is 4. The summed E-state index contributed by atoms with van der Waals surface area (Å²) in [6.45, 7) is 6.00. The molecule has 0 spiro atoms. The van der Waals surface area contributed by atoms with Gasteiger partial charge >= 0.3 is 6.09 Å². The van der Waals surface area contributed by atoms with Gasteiger partial charge in [-0.3, -0.25) is 4.79 Å². The van der Waals surface area contributed by atoms with Crippen LogP contribution in [0.4, 0.5) is 16.2 Å². The van der Waals surface area contributed by atoms with E-state index >= 15 is 0 Å². The molecule has 2 N–H and O–H groups in total. The maximum Gasteiger partial charge on any atom is 0.416 e. The van der Waals surface area contributed by atoms with Crippen molar-refractivity contribution in [1.82, 2.24) is 5.32 Å². The first-order valence-corrected chi connectivity index (χ1v) is 8.23. The minimum Gasteiger partial charge on any atom is -0.494 e. The summed E-state index contributed by atoms with van der Waals surface area (Å²) in [6, 6.07) is 12.2. The topological polar surface area (TPSA) is 78.9 Å². The smallest absolute Gasteiger partial charge is 0.416 e. The van der Waals surface area contributed by atoms with E-state index in [-0.39, 0.29) is 17.1 Å². The number of anilines is 2. The summed E-state index contributed by atoms with van der Waals surface area (Å²) in [4.78, 5) is 25.6. The van der Waals surface area contributed by atoms with E-state index in [0.29, 0.717) is 16.9 Å². The molecule has 6 heteroatoms. The number of nitrogens with zero attached hydrogens (tertiary/aromatic N) is 1. The van der Waals surface area contributed by atoms with E-state index in [0.717, 1.165) is 10.5 Å². The lowest BCUT2D eigenvalue weighted by atomic mass is 9.85. The molecule has 0 unspecified atom stereocenters. The summed E-state index contributed by atoms with van der Waals surface area (Å²) in [6.07, 6.45) is -1.16. The Kier molecular flexibility index (Phi) is 5.55. The number of carbonyl (C=O) groups excluding carboxylic acids is 1. The van der Waals surface area contributed by atoms with Gasteiger partial charge in [0.25, 0.3) is 5.91 Å². The predicted octanol–water partition coefficient (Wildman–Crippen LogP) is 4.17. The molecule has 2 aromatic rings. The molecule has 2 amide bonds. The van der Waals surface area contributed by atoms with Crippen molar-refractivity contribution < 1.29 is 19.4 Å². The standard InChI is InChI=1S/C20H24N2O4/c1-20(2,3)13-11-15(18(23)21-4)17(26-5)16(12-13)22(19(24)25)14-9-7-6-8-10-14/h6-12H,1-5H3,(H,21,23)(H,24,25). The highest BCUT2D eigenvalue weighted by molar-refractivity contribution is 6.03. The van der Waals surface area contributed by atoms with Crippen LogP contribution in [-0.2, 0) is 5.41 Å². The monoisotopic (exact) mass is 356 g/mol. The third kappa shape index (κ3) is 3.79. The number of methoxy groups -OCH3 is 1. The molecule has 0 aromatic heterocycles.